The molecule has 0 N–H and O–H groups in total. The number of rotatable bonds is 5. The second-order valence-corrected chi connectivity index (χ2v) is 5.62. The van der Waals surface area contributed by atoms with Gasteiger partial charge >= 0.3 is 0 Å². The number of ketones is 1. The van der Waals surface area contributed by atoms with Crippen LogP contribution in [0.2, 0.25) is 0 Å². The van der Waals surface area contributed by atoms with Crippen LogP contribution in [0.5, 0.6) is 0 Å². The summed E-state index contributed by atoms with van der Waals surface area (Å²) in [7, 11) is 0. The highest BCUT2D eigenvalue weighted by atomic mass is 16.5. The molecule has 3 rings (SSSR count). The monoisotopic (exact) mass is 307 g/mol. The molecule has 1 aliphatic rings. The molecule has 0 bridgehead atoms. The van der Waals surface area contributed by atoms with Gasteiger partial charge in [-0.05, 0) is 17.2 Å². The zero-order valence-corrected chi connectivity index (χ0v) is 13.1. The third kappa shape index (κ3) is 4.08. The van der Waals surface area contributed by atoms with Crippen LogP contribution in [0.1, 0.15) is 17.0 Å². The van der Waals surface area contributed by atoms with Crippen LogP contribution in [0.4, 0.5) is 0 Å². The predicted molar refractivity (Wildman–Crippen MR) is 91.3 cm³/mol. The van der Waals surface area contributed by atoms with E-state index in [1.54, 1.807) is 6.08 Å². The maximum absolute atomic E-state index is 12.8. The molecule has 3 heteroatoms. The molecule has 0 aromatic heterocycles. The maximum Gasteiger partial charge on any atom is 0.168 e. The van der Waals surface area contributed by atoms with Gasteiger partial charge in [0.2, 0.25) is 0 Å². The summed E-state index contributed by atoms with van der Waals surface area (Å²) in [6.45, 7) is 3.12. The molecule has 1 fully saturated rings. The molecule has 0 saturated carbocycles. The Bertz CT molecular complexity index is 606. The van der Waals surface area contributed by atoms with Gasteiger partial charge in [-0.15, -0.1) is 0 Å². The summed E-state index contributed by atoms with van der Waals surface area (Å²) < 4.78 is 5.33. The van der Waals surface area contributed by atoms with Crippen LogP contribution < -0.4 is 0 Å². The summed E-state index contributed by atoms with van der Waals surface area (Å²) in [5.74, 6) is -0.149. The number of morpholine rings is 1. The van der Waals surface area contributed by atoms with Crippen molar-refractivity contribution in [2.45, 2.75) is 5.92 Å². The van der Waals surface area contributed by atoms with Gasteiger partial charge in [-0.2, -0.15) is 0 Å². The van der Waals surface area contributed by atoms with E-state index in [0.29, 0.717) is 0 Å². The molecule has 0 unspecified atom stereocenters. The summed E-state index contributed by atoms with van der Waals surface area (Å²) in [6, 6.07) is 19.9. The number of hydrogen-bond acceptors (Lipinski definition) is 3. The highest BCUT2D eigenvalue weighted by Crippen LogP contribution is 2.26. The molecular weight excluding hydrogens is 286 g/mol. The smallest absolute Gasteiger partial charge is 0.168 e. The highest BCUT2D eigenvalue weighted by Gasteiger charge is 2.20. The van der Waals surface area contributed by atoms with Gasteiger partial charge in [0.15, 0.2) is 5.78 Å². The lowest BCUT2D eigenvalue weighted by atomic mass is 9.87. The number of ether oxygens (including phenoxy) is 1. The Morgan fingerprint density at radius 2 is 1.43 bits per heavy atom. The maximum atomic E-state index is 12.8. The Balaban J connectivity index is 1.83. The standard InChI is InChI=1S/C20H21NO2/c22-19(11-12-21-13-15-23-16-14-21)20(17-7-3-1-4-8-17)18-9-5-2-6-10-18/h1-12,20H,13-16H2. The molecule has 0 atom stereocenters. The van der Waals surface area contributed by atoms with Gasteiger partial charge in [-0.1, -0.05) is 60.7 Å². The largest absolute Gasteiger partial charge is 0.378 e. The fraction of sp³-hybridized carbons (Fsp3) is 0.250. The molecule has 1 saturated heterocycles. The van der Waals surface area contributed by atoms with E-state index in [1.165, 1.54) is 0 Å². The minimum Gasteiger partial charge on any atom is -0.378 e. The first-order chi connectivity index (χ1) is 11.3. The van der Waals surface area contributed by atoms with Crippen molar-refractivity contribution in [2.24, 2.45) is 0 Å². The SMILES string of the molecule is O=C(C=CN1CCOCC1)C(c1ccccc1)c1ccccc1. The fourth-order valence-electron chi connectivity index (χ4n) is 2.81. The van der Waals surface area contributed by atoms with Crippen molar-refractivity contribution in [1.82, 2.24) is 4.90 Å². The first-order valence-electron chi connectivity index (χ1n) is 7.98. The van der Waals surface area contributed by atoms with Crippen molar-refractivity contribution in [2.75, 3.05) is 26.3 Å². The number of hydrogen-bond donors (Lipinski definition) is 0. The Morgan fingerprint density at radius 1 is 0.913 bits per heavy atom. The van der Waals surface area contributed by atoms with E-state index in [2.05, 4.69) is 4.90 Å². The van der Waals surface area contributed by atoms with E-state index < -0.39 is 0 Å². The van der Waals surface area contributed by atoms with Crippen LogP contribution in [0.25, 0.3) is 0 Å². The second-order valence-electron chi connectivity index (χ2n) is 5.62. The highest BCUT2D eigenvalue weighted by molar-refractivity contribution is 5.97. The Morgan fingerprint density at radius 3 is 1.96 bits per heavy atom. The summed E-state index contributed by atoms with van der Waals surface area (Å²) in [5, 5.41) is 0. The quantitative estimate of drug-likeness (QED) is 0.794. The number of benzene rings is 2. The van der Waals surface area contributed by atoms with Gasteiger partial charge < -0.3 is 9.64 Å². The lowest BCUT2D eigenvalue weighted by Crippen LogP contribution is -2.32. The summed E-state index contributed by atoms with van der Waals surface area (Å²) in [4.78, 5) is 15.0. The predicted octanol–water partition coefficient (Wildman–Crippen LogP) is 3.23. The van der Waals surface area contributed by atoms with E-state index >= 15 is 0 Å². The van der Waals surface area contributed by atoms with Crippen LogP contribution in [0.3, 0.4) is 0 Å². The molecule has 0 aliphatic carbocycles. The van der Waals surface area contributed by atoms with Crippen LogP contribution in [0.15, 0.2) is 72.9 Å². The van der Waals surface area contributed by atoms with Crippen molar-refractivity contribution in [3.05, 3.63) is 84.1 Å². The fourth-order valence-corrected chi connectivity index (χ4v) is 2.81. The van der Waals surface area contributed by atoms with Crippen molar-refractivity contribution in [3.63, 3.8) is 0 Å². The third-order valence-corrected chi connectivity index (χ3v) is 4.05. The van der Waals surface area contributed by atoms with E-state index in [0.717, 1.165) is 37.4 Å². The third-order valence-electron chi connectivity index (χ3n) is 4.05. The topological polar surface area (TPSA) is 29.5 Å². The van der Waals surface area contributed by atoms with Gasteiger partial charge in [-0.3, -0.25) is 4.79 Å². The molecular formula is C20H21NO2. The van der Waals surface area contributed by atoms with Crippen molar-refractivity contribution in [1.29, 1.82) is 0 Å². The number of carbonyl (C=O) groups excluding carboxylic acids is 1. The van der Waals surface area contributed by atoms with Gasteiger partial charge in [0.25, 0.3) is 0 Å². The van der Waals surface area contributed by atoms with Gasteiger partial charge in [-0.25, -0.2) is 0 Å². The van der Waals surface area contributed by atoms with Crippen molar-refractivity contribution in [3.8, 4) is 0 Å². The molecule has 2 aromatic carbocycles. The van der Waals surface area contributed by atoms with Gasteiger partial charge in [0, 0.05) is 19.3 Å². The Kier molecular flexibility index (Phi) is 5.22. The first kappa shape index (κ1) is 15.5. The first-order valence-corrected chi connectivity index (χ1v) is 7.98. The summed E-state index contributed by atoms with van der Waals surface area (Å²) in [5.41, 5.74) is 2.05. The minimum atomic E-state index is -0.255. The average Bonchev–Trinajstić information content (AvgIpc) is 2.63. The number of nitrogens with zero attached hydrogens (tertiary/aromatic N) is 1. The normalized spacial score (nSPS) is 15.3. The van der Waals surface area contributed by atoms with Crippen molar-refractivity contribution >= 4 is 5.78 Å². The van der Waals surface area contributed by atoms with E-state index in [4.69, 9.17) is 4.74 Å². The molecule has 0 radical (unpaired) electrons. The number of carbonyl (C=O) groups is 1. The summed E-state index contributed by atoms with van der Waals surface area (Å²) >= 11 is 0. The Labute approximate surface area is 137 Å². The average molecular weight is 307 g/mol. The minimum absolute atomic E-state index is 0.105. The zero-order valence-electron chi connectivity index (χ0n) is 13.1. The lowest BCUT2D eigenvalue weighted by Gasteiger charge is -2.25. The van der Waals surface area contributed by atoms with E-state index in [-0.39, 0.29) is 11.7 Å². The number of allylic oxidation sites excluding steroid dienone is 1. The Hall–Kier alpha value is -2.39. The molecule has 2 aromatic rings. The van der Waals surface area contributed by atoms with E-state index in [9.17, 15) is 4.79 Å². The molecule has 1 heterocycles. The van der Waals surface area contributed by atoms with Crippen LogP contribution >= 0.6 is 0 Å². The zero-order chi connectivity index (χ0) is 15.9. The molecule has 23 heavy (non-hydrogen) atoms. The van der Waals surface area contributed by atoms with Gasteiger partial charge in [0.05, 0.1) is 19.1 Å². The van der Waals surface area contributed by atoms with Crippen LogP contribution in [0, 0.1) is 0 Å². The molecule has 0 amide bonds. The van der Waals surface area contributed by atoms with Crippen LogP contribution in [-0.4, -0.2) is 37.0 Å². The van der Waals surface area contributed by atoms with E-state index in [1.807, 2.05) is 66.9 Å². The molecule has 0 spiro atoms. The molecule has 118 valence electrons. The van der Waals surface area contributed by atoms with Crippen molar-refractivity contribution < 1.29 is 9.53 Å². The van der Waals surface area contributed by atoms with Gasteiger partial charge in [0.1, 0.15) is 0 Å². The lowest BCUT2D eigenvalue weighted by molar-refractivity contribution is -0.115. The summed E-state index contributed by atoms with van der Waals surface area (Å²) in [6.07, 6.45) is 3.61. The van der Waals surface area contributed by atoms with Crippen LogP contribution in [-0.2, 0) is 9.53 Å². The molecule has 1 aliphatic heterocycles. The second kappa shape index (κ2) is 7.75. The molecule has 3 nitrogen and oxygen atoms in total.